The van der Waals surface area contributed by atoms with Gasteiger partial charge in [0.2, 0.25) is 0 Å². The molecule has 1 amide bonds. The van der Waals surface area contributed by atoms with Crippen LogP contribution >= 0.6 is 15.9 Å². The number of benzene rings is 1. The maximum atomic E-state index is 12.9. The molecule has 1 aromatic carbocycles. The molecule has 3 aliphatic rings. The van der Waals surface area contributed by atoms with E-state index in [1.165, 1.54) is 0 Å². The highest BCUT2D eigenvalue weighted by Gasteiger charge is 2.57. The van der Waals surface area contributed by atoms with E-state index in [1.807, 2.05) is 50.1 Å². The third-order valence-corrected chi connectivity index (χ3v) is 6.11. The lowest BCUT2D eigenvalue weighted by atomic mass is 10.2. The third kappa shape index (κ3) is 3.43. The number of ether oxygens (including phenoxy) is 1. The highest BCUT2D eigenvalue weighted by molar-refractivity contribution is 9.10. The zero-order valence-electron chi connectivity index (χ0n) is 16.7. The van der Waals surface area contributed by atoms with E-state index in [-0.39, 0.29) is 18.3 Å². The summed E-state index contributed by atoms with van der Waals surface area (Å²) in [5.41, 5.74) is 2.95. The van der Waals surface area contributed by atoms with Crippen molar-refractivity contribution in [1.29, 1.82) is 0 Å². The molecule has 3 heterocycles. The van der Waals surface area contributed by atoms with Gasteiger partial charge in [-0.25, -0.2) is 9.78 Å². The van der Waals surface area contributed by atoms with Crippen LogP contribution in [0.15, 0.2) is 35.1 Å². The normalized spacial score (nSPS) is 25.7. The Kier molecular flexibility index (Phi) is 4.24. The van der Waals surface area contributed by atoms with Gasteiger partial charge in [-0.05, 0) is 57.7 Å². The Bertz CT molecular complexity index is 1020. The van der Waals surface area contributed by atoms with Crippen LogP contribution in [0, 0.1) is 5.92 Å². The summed E-state index contributed by atoms with van der Waals surface area (Å²) in [4.78, 5) is 26.5. The summed E-state index contributed by atoms with van der Waals surface area (Å²) >= 11 is 3.48. The van der Waals surface area contributed by atoms with Crippen LogP contribution in [0.3, 0.4) is 0 Å². The number of likely N-dealkylation sites (tertiary alicyclic amines) is 1. The molecule has 1 unspecified atom stereocenters. The quantitative estimate of drug-likeness (QED) is 0.736. The largest absolute Gasteiger partial charge is 0.444 e. The van der Waals surface area contributed by atoms with Gasteiger partial charge >= 0.3 is 6.09 Å². The summed E-state index contributed by atoms with van der Waals surface area (Å²) in [7, 11) is 0. The van der Waals surface area contributed by atoms with Gasteiger partial charge in [0, 0.05) is 16.7 Å². The average Bonchev–Trinajstić information content (AvgIpc) is 3.09. The van der Waals surface area contributed by atoms with Gasteiger partial charge in [-0.1, -0.05) is 15.9 Å². The van der Waals surface area contributed by atoms with Crippen molar-refractivity contribution in [3.05, 3.63) is 40.8 Å². The number of piperidine rings is 1. The molecule has 0 spiro atoms. The van der Waals surface area contributed by atoms with Crippen molar-refractivity contribution in [3.63, 3.8) is 0 Å². The molecule has 2 fully saturated rings. The van der Waals surface area contributed by atoms with Gasteiger partial charge in [0.1, 0.15) is 17.5 Å². The third-order valence-electron chi connectivity index (χ3n) is 5.62. The smallest absolute Gasteiger partial charge is 0.412 e. The number of amides is 1. The van der Waals surface area contributed by atoms with E-state index in [9.17, 15) is 4.79 Å². The van der Waals surface area contributed by atoms with Crippen LogP contribution in [-0.4, -0.2) is 50.3 Å². The molecule has 0 radical (unpaired) electrons. The van der Waals surface area contributed by atoms with Crippen molar-refractivity contribution >= 4 is 38.8 Å². The van der Waals surface area contributed by atoms with Crippen LogP contribution < -0.4 is 5.32 Å². The van der Waals surface area contributed by atoms with Crippen molar-refractivity contribution < 1.29 is 9.53 Å². The average molecular weight is 458 g/mol. The van der Waals surface area contributed by atoms with Crippen LogP contribution in [-0.2, 0) is 4.74 Å². The summed E-state index contributed by atoms with van der Waals surface area (Å²) in [6.07, 6.45) is 5.53. The minimum Gasteiger partial charge on any atom is -0.444 e. The monoisotopic (exact) mass is 457 g/mol. The second-order valence-electron chi connectivity index (χ2n) is 8.92. The van der Waals surface area contributed by atoms with Gasteiger partial charge in [-0.3, -0.25) is 9.88 Å². The van der Waals surface area contributed by atoms with Crippen LogP contribution in [0.25, 0.3) is 16.7 Å². The molecule has 1 N–H and O–H groups in total. The lowest BCUT2D eigenvalue weighted by molar-refractivity contribution is 0.00374. The van der Waals surface area contributed by atoms with E-state index < -0.39 is 5.60 Å². The number of aromatic nitrogens is 2. The molecule has 2 aliphatic heterocycles. The van der Waals surface area contributed by atoms with Gasteiger partial charge in [0.15, 0.2) is 0 Å². The molecule has 1 aliphatic carbocycles. The van der Waals surface area contributed by atoms with Crippen LogP contribution in [0.4, 0.5) is 4.79 Å². The van der Waals surface area contributed by atoms with Gasteiger partial charge in [0.05, 0.1) is 29.6 Å². The van der Waals surface area contributed by atoms with Gasteiger partial charge < -0.3 is 15.0 Å². The summed E-state index contributed by atoms with van der Waals surface area (Å²) in [6, 6.07) is 6.17. The first-order valence-corrected chi connectivity index (χ1v) is 10.7. The Balaban J connectivity index is 1.43. The van der Waals surface area contributed by atoms with Gasteiger partial charge in [0.25, 0.3) is 0 Å². The van der Waals surface area contributed by atoms with Gasteiger partial charge in [-0.2, -0.15) is 0 Å². The Morgan fingerprint density at radius 1 is 1.28 bits per heavy atom. The molecule has 5 rings (SSSR count). The van der Waals surface area contributed by atoms with E-state index in [1.54, 1.807) is 6.20 Å². The lowest BCUT2D eigenvalue weighted by Gasteiger charge is -2.37. The maximum Gasteiger partial charge on any atom is 0.412 e. The fourth-order valence-corrected chi connectivity index (χ4v) is 4.63. The van der Waals surface area contributed by atoms with Crippen molar-refractivity contribution in [2.24, 2.45) is 5.92 Å². The molecular weight excluding hydrogens is 434 g/mol. The first-order valence-electron chi connectivity index (χ1n) is 9.94. The van der Waals surface area contributed by atoms with E-state index >= 15 is 0 Å². The number of halogens is 1. The van der Waals surface area contributed by atoms with Crippen molar-refractivity contribution in [2.75, 3.05) is 6.67 Å². The summed E-state index contributed by atoms with van der Waals surface area (Å²) in [6.45, 7) is 6.36. The number of hydrogen-bond acceptors (Lipinski definition) is 6. The lowest BCUT2D eigenvalue weighted by Crippen LogP contribution is -2.50. The Morgan fingerprint density at radius 3 is 2.90 bits per heavy atom. The molecule has 0 bridgehead atoms. The first-order chi connectivity index (χ1) is 13.8. The van der Waals surface area contributed by atoms with Crippen molar-refractivity contribution in [3.8, 4) is 0 Å². The molecule has 7 nitrogen and oxygen atoms in total. The van der Waals surface area contributed by atoms with Crippen LogP contribution in [0.5, 0.6) is 0 Å². The predicted molar refractivity (Wildman–Crippen MR) is 113 cm³/mol. The van der Waals surface area contributed by atoms with Crippen LogP contribution in [0.2, 0.25) is 0 Å². The zero-order valence-corrected chi connectivity index (χ0v) is 18.3. The maximum absolute atomic E-state index is 12.9. The summed E-state index contributed by atoms with van der Waals surface area (Å²) < 4.78 is 6.69. The number of hydrogen-bond donors (Lipinski definition) is 1. The molecule has 1 aromatic heterocycles. The molecule has 2 aromatic rings. The van der Waals surface area contributed by atoms with E-state index in [4.69, 9.17) is 9.72 Å². The molecule has 29 heavy (non-hydrogen) atoms. The summed E-state index contributed by atoms with van der Waals surface area (Å²) in [5, 5.41) is 3.30. The highest BCUT2D eigenvalue weighted by Crippen LogP contribution is 2.50. The topological polar surface area (TPSA) is 70.6 Å². The second kappa shape index (κ2) is 6.58. The molecule has 152 valence electrons. The number of nitrogens with one attached hydrogen (secondary N) is 1. The van der Waals surface area contributed by atoms with Crippen molar-refractivity contribution in [2.45, 2.75) is 51.4 Å². The molecule has 1 saturated carbocycles. The molecule has 8 heteroatoms. The van der Waals surface area contributed by atoms with E-state index in [0.29, 0.717) is 12.6 Å². The van der Waals surface area contributed by atoms with Crippen LogP contribution in [0.1, 0.15) is 39.3 Å². The first kappa shape index (κ1) is 18.7. The molecule has 1 saturated heterocycles. The Labute approximate surface area is 178 Å². The number of rotatable bonds is 2. The Morgan fingerprint density at radius 2 is 2.10 bits per heavy atom. The molecular formula is C21H24BrN5O2. The fourth-order valence-electron chi connectivity index (χ4n) is 4.28. The Hall–Kier alpha value is -2.35. The zero-order chi connectivity index (χ0) is 20.3. The summed E-state index contributed by atoms with van der Waals surface area (Å²) in [5.74, 6) is 0.564. The van der Waals surface area contributed by atoms with E-state index in [0.717, 1.165) is 39.7 Å². The number of fused-ring (bicyclic) bond motifs is 2. The minimum absolute atomic E-state index is 0.0303. The predicted octanol–water partition coefficient (Wildman–Crippen LogP) is 3.91. The second-order valence-corrected chi connectivity index (χ2v) is 9.83. The number of carbonyl (C=O) groups is 1. The standard InChI is InChI=1S/C21H24BrN5O2/c1-21(2,3)29-20(28)27-17-6-12(17)7-19(27)26-11-23-10-18(26)16-9-24-15-8-13(22)4-5-14(15)25-16/h4-5,8-10,12,17,19,23H,6-7,11H2,1-3H3/t12-,17-,19?/m1/s1. The fraction of sp³-hybridized carbons (Fsp3) is 0.476. The SMILES string of the molecule is CC(C)(C)OC(=O)N1C(N2CNC=C2c2cnc3cc(Br)ccc3n2)C[C@H]2C[C@H]21. The van der Waals surface area contributed by atoms with Crippen molar-refractivity contribution in [1.82, 2.24) is 25.1 Å². The number of carbonyl (C=O) groups excluding carboxylic acids is 1. The minimum atomic E-state index is -0.505. The highest BCUT2D eigenvalue weighted by atomic mass is 79.9. The number of nitrogens with zero attached hydrogens (tertiary/aromatic N) is 4. The van der Waals surface area contributed by atoms with Gasteiger partial charge in [-0.15, -0.1) is 0 Å². The van der Waals surface area contributed by atoms with E-state index in [2.05, 4.69) is 31.1 Å². The molecule has 3 atom stereocenters.